The van der Waals surface area contributed by atoms with Crippen LogP contribution in [0.5, 0.6) is 5.75 Å². The molecule has 7 heteroatoms. The van der Waals surface area contributed by atoms with E-state index in [0.29, 0.717) is 6.54 Å². The predicted molar refractivity (Wildman–Crippen MR) is 130 cm³/mol. The lowest BCUT2D eigenvalue weighted by Crippen LogP contribution is -2.23. The van der Waals surface area contributed by atoms with E-state index < -0.39 is 18.7 Å². The van der Waals surface area contributed by atoms with E-state index in [1.54, 1.807) is 12.1 Å². The Morgan fingerprint density at radius 1 is 1.00 bits per heavy atom. The van der Waals surface area contributed by atoms with Gasteiger partial charge in [0.2, 0.25) is 0 Å². The first-order valence-electron chi connectivity index (χ1n) is 10.7. The molecule has 0 saturated heterocycles. The van der Waals surface area contributed by atoms with E-state index in [9.17, 15) is 19.4 Å². The average Bonchev–Trinajstić information content (AvgIpc) is 2.82. The SMILES string of the molecule is Cl.O=C(O)c1ccc(-c2ccc(CCNC[C@H](O)c3ccccc3)cc2)cc1OCCCF. The van der Waals surface area contributed by atoms with Crippen molar-refractivity contribution in [1.29, 1.82) is 0 Å². The molecule has 0 fully saturated rings. The Morgan fingerprint density at radius 2 is 1.70 bits per heavy atom. The second kappa shape index (κ2) is 13.6. The largest absolute Gasteiger partial charge is 0.493 e. The van der Waals surface area contributed by atoms with Gasteiger partial charge in [-0.25, -0.2) is 4.79 Å². The van der Waals surface area contributed by atoms with Gasteiger partial charge in [-0.2, -0.15) is 0 Å². The van der Waals surface area contributed by atoms with Gasteiger partial charge in [-0.3, -0.25) is 4.39 Å². The van der Waals surface area contributed by atoms with Crippen molar-refractivity contribution in [1.82, 2.24) is 5.32 Å². The highest BCUT2D eigenvalue weighted by Crippen LogP contribution is 2.28. The van der Waals surface area contributed by atoms with E-state index in [0.717, 1.165) is 35.2 Å². The van der Waals surface area contributed by atoms with Crippen LogP contribution in [-0.2, 0) is 6.42 Å². The van der Waals surface area contributed by atoms with Crippen molar-refractivity contribution in [2.24, 2.45) is 0 Å². The minimum atomic E-state index is -1.08. The fourth-order valence-corrected chi connectivity index (χ4v) is 3.36. The number of carboxylic acids is 1. The number of alkyl halides is 1. The molecule has 0 radical (unpaired) electrons. The fourth-order valence-electron chi connectivity index (χ4n) is 3.36. The molecule has 3 N–H and O–H groups in total. The number of carboxylic acid groups (broad SMARTS) is 1. The number of ether oxygens (including phenoxy) is 1. The molecule has 0 bridgehead atoms. The van der Waals surface area contributed by atoms with Crippen molar-refractivity contribution in [3.05, 3.63) is 89.5 Å². The molecule has 0 aliphatic carbocycles. The summed E-state index contributed by atoms with van der Waals surface area (Å²) >= 11 is 0. The summed E-state index contributed by atoms with van der Waals surface area (Å²) in [6.07, 6.45) is 0.500. The third-order valence-electron chi connectivity index (χ3n) is 5.15. The molecule has 33 heavy (non-hydrogen) atoms. The van der Waals surface area contributed by atoms with E-state index in [1.165, 1.54) is 6.07 Å². The van der Waals surface area contributed by atoms with Crippen molar-refractivity contribution in [2.45, 2.75) is 18.9 Å². The Hall–Kier alpha value is -2.93. The second-order valence-corrected chi connectivity index (χ2v) is 7.48. The highest BCUT2D eigenvalue weighted by molar-refractivity contribution is 5.92. The van der Waals surface area contributed by atoms with E-state index >= 15 is 0 Å². The molecule has 0 aromatic heterocycles. The molecule has 0 heterocycles. The van der Waals surface area contributed by atoms with Gasteiger partial charge >= 0.3 is 5.97 Å². The van der Waals surface area contributed by atoms with Crippen LogP contribution < -0.4 is 10.1 Å². The predicted octanol–water partition coefficient (Wildman–Crippen LogP) is 5.08. The lowest BCUT2D eigenvalue weighted by molar-refractivity contribution is 0.0692. The first-order chi connectivity index (χ1) is 15.6. The van der Waals surface area contributed by atoms with E-state index in [1.807, 2.05) is 54.6 Å². The van der Waals surface area contributed by atoms with Crippen LogP contribution >= 0.6 is 12.4 Å². The zero-order chi connectivity index (χ0) is 22.8. The fraction of sp³-hybridized carbons (Fsp3) is 0.269. The van der Waals surface area contributed by atoms with Crippen LogP contribution in [0.3, 0.4) is 0 Å². The Balaban J connectivity index is 0.00000385. The van der Waals surface area contributed by atoms with Gasteiger partial charge in [-0.05, 0) is 47.4 Å². The summed E-state index contributed by atoms with van der Waals surface area (Å²) in [7, 11) is 0. The van der Waals surface area contributed by atoms with Crippen LogP contribution in [0.25, 0.3) is 11.1 Å². The molecule has 0 unspecified atom stereocenters. The van der Waals surface area contributed by atoms with Crippen molar-refractivity contribution in [3.63, 3.8) is 0 Å². The van der Waals surface area contributed by atoms with Crippen molar-refractivity contribution in [2.75, 3.05) is 26.4 Å². The molecule has 0 amide bonds. The Bertz CT molecular complexity index is 999. The third-order valence-corrected chi connectivity index (χ3v) is 5.15. The van der Waals surface area contributed by atoms with Crippen molar-refractivity contribution < 1.29 is 24.1 Å². The van der Waals surface area contributed by atoms with Crippen molar-refractivity contribution in [3.8, 4) is 16.9 Å². The molecule has 0 aliphatic heterocycles. The molecule has 0 spiro atoms. The lowest BCUT2D eigenvalue weighted by Gasteiger charge is -2.13. The second-order valence-electron chi connectivity index (χ2n) is 7.48. The number of nitrogens with one attached hydrogen (secondary N) is 1. The number of aliphatic hydroxyl groups is 1. The van der Waals surface area contributed by atoms with Gasteiger partial charge in [0.05, 0.1) is 19.4 Å². The molecule has 3 aromatic carbocycles. The van der Waals surface area contributed by atoms with Gasteiger partial charge in [-0.15, -0.1) is 12.4 Å². The van der Waals surface area contributed by atoms with Gasteiger partial charge < -0.3 is 20.3 Å². The molecule has 0 aliphatic rings. The molecule has 5 nitrogen and oxygen atoms in total. The molecule has 1 atom stereocenters. The summed E-state index contributed by atoms with van der Waals surface area (Å²) in [5.74, 6) is -0.833. The Labute approximate surface area is 199 Å². The van der Waals surface area contributed by atoms with E-state index in [4.69, 9.17) is 4.74 Å². The maximum Gasteiger partial charge on any atom is 0.339 e. The molecule has 3 aromatic rings. The van der Waals surface area contributed by atoms with E-state index in [-0.39, 0.29) is 36.7 Å². The van der Waals surface area contributed by atoms with Gasteiger partial charge in [0, 0.05) is 13.0 Å². The summed E-state index contributed by atoms with van der Waals surface area (Å²) < 4.78 is 17.8. The van der Waals surface area contributed by atoms with Crippen LogP contribution in [0.1, 0.15) is 34.0 Å². The summed E-state index contributed by atoms with van der Waals surface area (Å²) in [6, 6.07) is 22.5. The molecular formula is C26H29ClFNO4. The molecule has 176 valence electrons. The molecule has 3 rings (SSSR count). The maximum atomic E-state index is 12.4. The monoisotopic (exact) mass is 473 g/mol. The van der Waals surface area contributed by atoms with Crippen LogP contribution in [-0.4, -0.2) is 42.6 Å². The van der Waals surface area contributed by atoms with Gasteiger partial charge in [0.15, 0.2) is 0 Å². The summed E-state index contributed by atoms with van der Waals surface area (Å²) in [4.78, 5) is 11.4. The minimum Gasteiger partial charge on any atom is -0.493 e. The number of carbonyl (C=O) groups is 1. The van der Waals surface area contributed by atoms with Crippen LogP contribution in [0, 0.1) is 0 Å². The van der Waals surface area contributed by atoms with E-state index in [2.05, 4.69) is 5.32 Å². The topological polar surface area (TPSA) is 78.8 Å². The zero-order valence-electron chi connectivity index (χ0n) is 18.2. The zero-order valence-corrected chi connectivity index (χ0v) is 19.1. The summed E-state index contributed by atoms with van der Waals surface area (Å²) in [6.45, 7) is 0.848. The quantitative estimate of drug-likeness (QED) is 0.320. The number of aliphatic hydroxyl groups excluding tert-OH is 1. The number of halogens is 2. The van der Waals surface area contributed by atoms with Gasteiger partial charge in [-0.1, -0.05) is 60.7 Å². The normalized spacial score (nSPS) is 11.5. The minimum absolute atomic E-state index is 0. The molecule has 0 saturated carbocycles. The maximum absolute atomic E-state index is 12.4. The van der Waals surface area contributed by atoms with Gasteiger partial charge in [0.25, 0.3) is 0 Å². The number of hydrogen-bond acceptors (Lipinski definition) is 4. The van der Waals surface area contributed by atoms with Crippen LogP contribution in [0.2, 0.25) is 0 Å². The number of aromatic carboxylic acids is 1. The smallest absolute Gasteiger partial charge is 0.339 e. The first-order valence-corrected chi connectivity index (χ1v) is 10.7. The third kappa shape index (κ3) is 7.86. The van der Waals surface area contributed by atoms with Crippen LogP contribution in [0.15, 0.2) is 72.8 Å². The summed E-state index contributed by atoms with van der Waals surface area (Å²) in [5, 5.41) is 22.8. The first kappa shape index (κ1) is 26.3. The lowest BCUT2D eigenvalue weighted by atomic mass is 10.0. The Kier molecular flexibility index (Phi) is 10.8. The average molecular weight is 474 g/mol. The number of benzene rings is 3. The summed E-state index contributed by atoms with van der Waals surface area (Å²) in [5.41, 5.74) is 3.88. The van der Waals surface area contributed by atoms with Crippen LogP contribution in [0.4, 0.5) is 4.39 Å². The van der Waals surface area contributed by atoms with Crippen molar-refractivity contribution >= 4 is 18.4 Å². The number of rotatable bonds is 12. The Morgan fingerprint density at radius 3 is 2.36 bits per heavy atom. The highest BCUT2D eigenvalue weighted by atomic mass is 35.5. The standard InChI is InChI=1S/C26H28FNO4.ClH/c27-14-4-16-32-25-17-22(11-12-23(25)26(30)31)20-9-7-19(8-10-20)13-15-28-18-24(29)21-5-2-1-3-6-21;/h1-3,5-12,17,24,28-29H,4,13-16,18H2,(H,30,31);1H/t24-;/m0./s1. The van der Waals surface area contributed by atoms with Gasteiger partial charge in [0.1, 0.15) is 11.3 Å². The molecular weight excluding hydrogens is 445 g/mol. The number of hydrogen-bond donors (Lipinski definition) is 3. The highest BCUT2D eigenvalue weighted by Gasteiger charge is 2.13.